The third kappa shape index (κ3) is 3.98. The highest BCUT2D eigenvalue weighted by molar-refractivity contribution is 9.10. The maximum Gasteiger partial charge on any atom is 0.119 e. The second-order valence-electron chi connectivity index (χ2n) is 4.41. The van der Waals surface area contributed by atoms with Crippen LogP contribution < -0.4 is 10.1 Å². The molecule has 0 saturated carbocycles. The molecule has 2 N–H and O–H groups in total. The zero-order chi connectivity index (χ0) is 12.1. The van der Waals surface area contributed by atoms with E-state index in [4.69, 9.17) is 4.74 Å². The zero-order valence-electron chi connectivity index (χ0n) is 9.73. The van der Waals surface area contributed by atoms with E-state index in [0.717, 1.165) is 36.2 Å². The molecule has 2 rings (SSSR count). The lowest BCUT2D eigenvalue weighted by Gasteiger charge is -2.28. The molecule has 1 aromatic rings. The number of aliphatic hydroxyl groups excluding tert-OH is 1. The highest BCUT2D eigenvalue weighted by Crippen LogP contribution is 2.18. The highest BCUT2D eigenvalue weighted by atomic mass is 79.9. The van der Waals surface area contributed by atoms with Crippen molar-refractivity contribution < 1.29 is 9.84 Å². The molecule has 1 fully saturated rings. The van der Waals surface area contributed by atoms with Crippen LogP contribution in [0.15, 0.2) is 28.7 Å². The normalized spacial score (nSPS) is 24.6. The smallest absolute Gasteiger partial charge is 0.119 e. The Labute approximate surface area is 110 Å². The monoisotopic (exact) mass is 299 g/mol. The van der Waals surface area contributed by atoms with E-state index >= 15 is 0 Å². The number of halogens is 1. The molecule has 0 spiro atoms. The van der Waals surface area contributed by atoms with E-state index in [1.807, 2.05) is 24.3 Å². The molecule has 1 aromatic carbocycles. The summed E-state index contributed by atoms with van der Waals surface area (Å²) in [6.07, 6.45) is 1.57. The van der Waals surface area contributed by atoms with Gasteiger partial charge in [-0.3, -0.25) is 0 Å². The number of aliphatic hydroxyl groups is 1. The first kappa shape index (κ1) is 12.9. The maximum atomic E-state index is 9.80. The van der Waals surface area contributed by atoms with Crippen LogP contribution in [0.5, 0.6) is 5.75 Å². The molecule has 0 bridgehead atoms. The molecule has 1 saturated heterocycles. The molecule has 3 nitrogen and oxygen atoms in total. The average molecular weight is 300 g/mol. The number of hydrogen-bond donors (Lipinski definition) is 2. The van der Waals surface area contributed by atoms with Gasteiger partial charge < -0.3 is 15.2 Å². The van der Waals surface area contributed by atoms with Gasteiger partial charge in [0, 0.05) is 16.9 Å². The first-order valence-electron chi connectivity index (χ1n) is 6.03. The molecule has 2 unspecified atom stereocenters. The Kier molecular flexibility index (Phi) is 4.83. The Morgan fingerprint density at radius 3 is 2.82 bits per heavy atom. The minimum Gasteiger partial charge on any atom is -0.494 e. The summed E-state index contributed by atoms with van der Waals surface area (Å²) in [5.74, 6) is 1.20. The lowest BCUT2D eigenvalue weighted by atomic mass is 9.93. The molecular weight excluding hydrogens is 282 g/mol. The Morgan fingerprint density at radius 1 is 1.35 bits per heavy atom. The van der Waals surface area contributed by atoms with Gasteiger partial charge in [-0.25, -0.2) is 0 Å². The van der Waals surface area contributed by atoms with Gasteiger partial charge in [0.1, 0.15) is 5.75 Å². The maximum absolute atomic E-state index is 9.80. The summed E-state index contributed by atoms with van der Waals surface area (Å²) in [5.41, 5.74) is 0. The van der Waals surface area contributed by atoms with E-state index in [2.05, 4.69) is 21.2 Å². The topological polar surface area (TPSA) is 41.5 Å². The van der Waals surface area contributed by atoms with Gasteiger partial charge in [-0.15, -0.1) is 0 Å². The van der Waals surface area contributed by atoms with Crippen LogP contribution in [0, 0.1) is 5.92 Å². The second-order valence-corrected chi connectivity index (χ2v) is 5.33. The van der Waals surface area contributed by atoms with Crippen molar-refractivity contribution in [1.82, 2.24) is 5.32 Å². The van der Waals surface area contributed by atoms with Crippen molar-refractivity contribution in [2.45, 2.75) is 18.9 Å². The Bertz CT molecular complexity index is 342. The van der Waals surface area contributed by atoms with Crippen molar-refractivity contribution in [2.24, 2.45) is 5.92 Å². The van der Waals surface area contributed by atoms with Gasteiger partial charge in [0.05, 0.1) is 12.7 Å². The van der Waals surface area contributed by atoms with Crippen molar-refractivity contribution in [1.29, 1.82) is 0 Å². The number of hydrogen-bond acceptors (Lipinski definition) is 3. The van der Waals surface area contributed by atoms with Crippen LogP contribution in [-0.4, -0.2) is 30.9 Å². The third-order valence-electron chi connectivity index (χ3n) is 3.14. The van der Waals surface area contributed by atoms with Crippen LogP contribution in [-0.2, 0) is 0 Å². The van der Waals surface area contributed by atoms with Gasteiger partial charge in [0.15, 0.2) is 0 Å². The number of piperidine rings is 1. The molecule has 0 amide bonds. The Balaban J connectivity index is 1.73. The number of ether oxygens (including phenoxy) is 1. The molecular formula is C13H18BrNO2. The predicted octanol–water partition coefficient (Wildman–Crippen LogP) is 2.19. The molecule has 2 atom stereocenters. The molecule has 1 aliphatic heterocycles. The van der Waals surface area contributed by atoms with Crippen LogP contribution in [0.2, 0.25) is 0 Å². The zero-order valence-corrected chi connectivity index (χ0v) is 11.3. The molecule has 0 aromatic heterocycles. The Morgan fingerprint density at radius 2 is 2.12 bits per heavy atom. The van der Waals surface area contributed by atoms with Gasteiger partial charge in [-0.1, -0.05) is 15.9 Å². The van der Waals surface area contributed by atoms with Gasteiger partial charge in [0.25, 0.3) is 0 Å². The lowest BCUT2D eigenvalue weighted by Crippen LogP contribution is -2.40. The molecule has 17 heavy (non-hydrogen) atoms. The fourth-order valence-corrected chi connectivity index (χ4v) is 2.33. The summed E-state index contributed by atoms with van der Waals surface area (Å²) in [7, 11) is 0. The first-order valence-corrected chi connectivity index (χ1v) is 6.82. The number of nitrogens with one attached hydrogen (secondary N) is 1. The van der Waals surface area contributed by atoms with Gasteiger partial charge in [0.2, 0.25) is 0 Å². The van der Waals surface area contributed by atoms with Crippen molar-refractivity contribution in [3.05, 3.63) is 28.7 Å². The van der Waals surface area contributed by atoms with Crippen LogP contribution in [0.3, 0.4) is 0 Å². The van der Waals surface area contributed by atoms with E-state index in [0.29, 0.717) is 12.5 Å². The third-order valence-corrected chi connectivity index (χ3v) is 3.67. The second kappa shape index (κ2) is 6.38. The first-order chi connectivity index (χ1) is 8.25. The largest absolute Gasteiger partial charge is 0.494 e. The SMILES string of the molecule is OC1CCNCC1CCOc1ccc(Br)cc1. The Hall–Kier alpha value is -0.580. The quantitative estimate of drug-likeness (QED) is 0.895. The summed E-state index contributed by atoms with van der Waals surface area (Å²) >= 11 is 3.39. The molecule has 1 heterocycles. The number of benzene rings is 1. The van der Waals surface area contributed by atoms with Crippen molar-refractivity contribution >= 4 is 15.9 Å². The van der Waals surface area contributed by atoms with Crippen molar-refractivity contribution in [2.75, 3.05) is 19.7 Å². The van der Waals surface area contributed by atoms with Crippen molar-refractivity contribution in [3.8, 4) is 5.75 Å². The molecule has 94 valence electrons. The fourth-order valence-electron chi connectivity index (χ4n) is 2.06. The average Bonchev–Trinajstić information content (AvgIpc) is 2.34. The fraction of sp³-hybridized carbons (Fsp3) is 0.538. The summed E-state index contributed by atoms with van der Waals surface area (Å²) < 4.78 is 6.70. The molecule has 0 radical (unpaired) electrons. The van der Waals surface area contributed by atoms with Crippen LogP contribution in [0.1, 0.15) is 12.8 Å². The lowest BCUT2D eigenvalue weighted by molar-refractivity contribution is 0.0662. The van der Waals surface area contributed by atoms with Gasteiger partial charge >= 0.3 is 0 Å². The van der Waals surface area contributed by atoms with E-state index in [-0.39, 0.29) is 6.10 Å². The summed E-state index contributed by atoms with van der Waals surface area (Å²) in [4.78, 5) is 0. The van der Waals surface area contributed by atoms with Gasteiger partial charge in [-0.05, 0) is 43.7 Å². The van der Waals surface area contributed by atoms with Crippen LogP contribution in [0.25, 0.3) is 0 Å². The summed E-state index contributed by atoms with van der Waals surface area (Å²) in [5, 5.41) is 13.1. The molecule has 4 heteroatoms. The minimum absolute atomic E-state index is 0.176. The molecule has 1 aliphatic rings. The standard InChI is InChI=1S/C13H18BrNO2/c14-11-1-3-12(4-2-11)17-8-6-10-9-15-7-5-13(10)16/h1-4,10,13,15-16H,5-9H2. The summed E-state index contributed by atoms with van der Waals surface area (Å²) in [6.45, 7) is 2.47. The molecule has 0 aliphatic carbocycles. The highest BCUT2D eigenvalue weighted by Gasteiger charge is 2.22. The van der Waals surface area contributed by atoms with Gasteiger partial charge in [-0.2, -0.15) is 0 Å². The number of rotatable bonds is 4. The van der Waals surface area contributed by atoms with E-state index in [9.17, 15) is 5.11 Å². The van der Waals surface area contributed by atoms with Crippen molar-refractivity contribution in [3.63, 3.8) is 0 Å². The van der Waals surface area contributed by atoms with Crippen LogP contribution >= 0.6 is 15.9 Å². The van der Waals surface area contributed by atoms with E-state index in [1.165, 1.54) is 0 Å². The minimum atomic E-state index is -0.176. The van der Waals surface area contributed by atoms with E-state index in [1.54, 1.807) is 0 Å². The predicted molar refractivity (Wildman–Crippen MR) is 71.2 cm³/mol. The summed E-state index contributed by atoms with van der Waals surface area (Å²) in [6, 6.07) is 7.82. The van der Waals surface area contributed by atoms with Crippen LogP contribution in [0.4, 0.5) is 0 Å². The van der Waals surface area contributed by atoms with E-state index < -0.39 is 0 Å².